The lowest BCUT2D eigenvalue weighted by molar-refractivity contribution is -0.118. The van der Waals surface area contributed by atoms with Gasteiger partial charge in [0.15, 0.2) is 6.17 Å². The predicted molar refractivity (Wildman–Crippen MR) is 141 cm³/mol. The highest BCUT2D eigenvalue weighted by Gasteiger charge is 2.48. The molecule has 182 valence electrons. The van der Waals surface area contributed by atoms with Gasteiger partial charge < -0.3 is 4.74 Å². The average molecular weight is 482 g/mol. The summed E-state index contributed by atoms with van der Waals surface area (Å²) in [6.45, 7) is 3.48. The van der Waals surface area contributed by atoms with E-state index >= 15 is 0 Å². The van der Waals surface area contributed by atoms with Crippen LogP contribution in [0.1, 0.15) is 13.8 Å². The van der Waals surface area contributed by atoms with E-state index in [9.17, 15) is 9.59 Å². The molecule has 2 heterocycles. The Morgan fingerprint density at radius 3 is 2.11 bits per heavy atom. The van der Waals surface area contributed by atoms with E-state index in [0.29, 0.717) is 17.1 Å². The number of carbonyl (C=O) groups is 2. The SMILES string of the molecule is COc1ccc(N2C(=O)N(c3ccccc3)C3C(=CN=CN3N(C(C)=O)c3ccccc3)C2C)cc1. The first-order valence-electron chi connectivity index (χ1n) is 11.7. The second-order valence-electron chi connectivity index (χ2n) is 8.55. The van der Waals surface area contributed by atoms with Crippen molar-refractivity contribution >= 4 is 35.3 Å². The van der Waals surface area contributed by atoms with Gasteiger partial charge >= 0.3 is 6.03 Å². The van der Waals surface area contributed by atoms with Crippen LogP contribution in [0.3, 0.4) is 0 Å². The lowest BCUT2D eigenvalue weighted by Gasteiger charge is -2.52. The summed E-state index contributed by atoms with van der Waals surface area (Å²) >= 11 is 0. The molecule has 8 heteroatoms. The Labute approximate surface area is 210 Å². The van der Waals surface area contributed by atoms with Gasteiger partial charge in [-0.05, 0) is 55.5 Å². The number of benzene rings is 3. The standard InChI is InChI=1S/C28H27N5O3/c1-20-26-18-29-19-30(33(21(2)34)24-12-8-5-9-13-24)27(26)32(22-10-6-4-7-11-22)28(35)31(20)23-14-16-25(36-3)17-15-23/h4-20,27H,1-3H3. The fourth-order valence-electron chi connectivity index (χ4n) is 4.72. The molecule has 3 aromatic carbocycles. The number of para-hydroxylation sites is 2. The molecule has 5 rings (SSSR count). The number of urea groups is 1. The van der Waals surface area contributed by atoms with Crippen molar-refractivity contribution in [3.63, 3.8) is 0 Å². The quantitative estimate of drug-likeness (QED) is 0.511. The number of ether oxygens (including phenoxy) is 1. The van der Waals surface area contributed by atoms with Gasteiger partial charge in [0.1, 0.15) is 12.1 Å². The van der Waals surface area contributed by atoms with Crippen molar-refractivity contribution in [2.75, 3.05) is 21.9 Å². The number of amides is 3. The van der Waals surface area contributed by atoms with Gasteiger partial charge in [-0.3, -0.25) is 14.6 Å². The Bertz CT molecular complexity index is 1310. The van der Waals surface area contributed by atoms with E-state index in [1.165, 1.54) is 6.92 Å². The molecule has 0 aliphatic carbocycles. The molecule has 3 aromatic rings. The number of aliphatic imine (C=N–C) groups is 1. The van der Waals surface area contributed by atoms with Crippen molar-refractivity contribution in [1.29, 1.82) is 0 Å². The molecule has 1 fully saturated rings. The zero-order valence-corrected chi connectivity index (χ0v) is 20.4. The van der Waals surface area contributed by atoms with Crippen LogP contribution in [-0.2, 0) is 4.79 Å². The van der Waals surface area contributed by atoms with Gasteiger partial charge in [-0.2, -0.15) is 0 Å². The molecule has 2 atom stereocenters. The van der Waals surface area contributed by atoms with Crippen LogP contribution in [0.5, 0.6) is 5.75 Å². The van der Waals surface area contributed by atoms with Crippen LogP contribution in [0.2, 0.25) is 0 Å². The van der Waals surface area contributed by atoms with E-state index in [4.69, 9.17) is 4.74 Å². The number of methoxy groups -OCH3 is 1. The monoisotopic (exact) mass is 481 g/mol. The molecule has 0 bridgehead atoms. The predicted octanol–water partition coefficient (Wildman–Crippen LogP) is 5.05. The molecule has 0 radical (unpaired) electrons. The van der Waals surface area contributed by atoms with E-state index in [1.54, 1.807) is 39.5 Å². The maximum absolute atomic E-state index is 14.2. The molecule has 1 saturated heterocycles. The normalized spacial score (nSPS) is 19.0. The first kappa shape index (κ1) is 23.2. The summed E-state index contributed by atoms with van der Waals surface area (Å²) in [5, 5.41) is 3.29. The molecule has 3 amide bonds. The van der Waals surface area contributed by atoms with Gasteiger partial charge in [-0.25, -0.2) is 19.8 Å². The molecule has 0 N–H and O–H groups in total. The van der Waals surface area contributed by atoms with E-state index in [1.807, 2.05) is 91.9 Å². The number of rotatable bonds is 5. The third-order valence-electron chi connectivity index (χ3n) is 6.40. The number of hydrogen-bond acceptors (Lipinski definition) is 5. The molecule has 2 aliphatic rings. The van der Waals surface area contributed by atoms with Crippen molar-refractivity contribution in [3.05, 3.63) is 96.7 Å². The van der Waals surface area contributed by atoms with E-state index < -0.39 is 6.17 Å². The summed E-state index contributed by atoms with van der Waals surface area (Å²) in [4.78, 5) is 35.1. The second-order valence-corrected chi connectivity index (χ2v) is 8.55. The molecular weight excluding hydrogens is 454 g/mol. The number of hydrogen-bond donors (Lipinski definition) is 0. The second kappa shape index (κ2) is 9.58. The molecule has 36 heavy (non-hydrogen) atoms. The van der Waals surface area contributed by atoms with E-state index in [2.05, 4.69) is 4.99 Å². The van der Waals surface area contributed by atoms with Gasteiger partial charge in [0.05, 0.1) is 18.8 Å². The fraction of sp³-hybridized carbons (Fsp3) is 0.179. The molecule has 2 aliphatic heterocycles. The van der Waals surface area contributed by atoms with Crippen molar-refractivity contribution in [3.8, 4) is 5.75 Å². The molecule has 0 spiro atoms. The van der Waals surface area contributed by atoms with Gasteiger partial charge in [-0.1, -0.05) is 36.4 Å². The minimum Gasteiger partial charge on any atom is -0.497 e. The Morgan fingerprint density at radius 2 is 1.50 bits per heavy atom. The van der Waals surface area contributed by atoms with Crippen LogP contribution in [0, 0.1) is 0 Å². The lowest BCUT2D eigenvalue weighted by atomic mass is 9.98. The number of hydrazine groups is 1. The van der Waals surface area contributed by atoms with Crippen LogP contribution in [0.25, 0.3) is 0 Å². The third-order valence-corrected chi connectivity index (χ3v) is 6.40. The van der Waals surface area contributed by atoms with Crippen LogP contribution in [0.4, 0.5) is 21.9 Å². The molecule has 0 aromatic heterocycles. The molecular formula is C28H27N5O3. The first-order chi connectivity index (χ1) is 17.5. The summed E-state index contributed by atoms with van der Waals surface area (Å²) in [7, 11) is 1.61. The zero-order chi connectivity index (χ0) is 25.2. The molecule has 0 saturated carbocycles. The summed E-state index contributed by atoms with van der Waals surface area (Å²) in [6, 6.07) is 25.7. The largest absolute Gasteiger partial charge is 0.497 e. The van der Waals surface area contributed by atoms with Crippen LogP contribution in [0.15, 0.2) is 102 Å². The maximum Gasteiger partial charge on any atom is 0.331 e. The average Bonchev–Trinajstić information content (AvgIpc) is 2.91. The van der Waals surface area contributed by atoms with Gasteiger partial charge in [0.25, 0.3) is 0 Å². The minimum absolute atomic E-state index is 0.195. The minimum atomic E-state index is -0.592. The van der Waals surface area contributed by atoms with Crippen LogP contribution >= 0.6 is 0 Å². The number of fused-ring (bicyclic) bond motifs is 1. The highest BCUT2D eigenvalue weighted by atomic mass is 16.5. The fourth-order valence-corrected chi connectivity index (χ4v) is 4.72. The lowest BCUT2D eigenvalue weighted by Crippen LogP contribution is -2.68. The number of carbonyl (C=O) groups excluding carboxylic acids is 2. The topological polar surface area (TPSA) is 68.7 Å². The summed E-state index contributed by atoms with van der Waals surface area (Å²) in [5.74, 6) is 0.515. The van der Waals surface area contributed by atoms with E-state index in [-0.39, 0.29) is 18.0 Å². The summed E-state index contributed by atoms with van der Waals surface area (Å²) in [6.07, 6.45) is 2.79. The first-order valence-corrected chi connectivity index (χ1v) is 11.7. The van der Waals surface area contributed by atoms with Crippen molar-refractivity contribution in [2.45, 2.75) is 26.1 Å². The number of anilines is 3. The van der Waals surface area contributed by atoms with Gasteiger partial charge in [0.2, 0.25) is 5.91 Å². The highest BCUT2D eigenvalue weighted by Crippen LogP contribution is 2.38. The Hall–Kier alpha value is -4.59. The Kier molecular flexibility index (Phi) is 6.16. The Morgan fingerprint density at radius 1 is 0.889 bits per heavy atom. The zero-order valence-electron chi connectivity index (χ0n) is 20.4. The summed E-state index contributed by atoms with van der Waals surface area (Å²) in [5.41, 5.74) is 3.00. The van der Waals surface area contributed by atoms with Crippen LogP contribution in [-0.4, -0.2) is 42.6 Å². The van der Waals surface area contributed by atoms with Gasteiger partial charge in [0, 0.05) is 30.1 Å². The Balaban J connectivity index is 1.64. The smallest absolute Gasteiger partial charge is 0.331 e. The van der Waals surface area contributed by atoms with Crippen molar-refractivity contribution < 1.29 is 14.3 Å². The molecule has 2 unspecified atom stereocenters. The van der Waals surface area contributed by atoms with Crippen LogP contribution < -0.4 is 19.5 Å². The molecule has 8 nitrogen and oxygen atoms in total. The third kappa shape index (κ3) is 3.96. The highest BCUT2D eigenvalue weighted by molar-refractivity contribution is 6.07. The van der Waals surface area contributed by atoms with Crippen molar-refractivity contribution in [1.82, 2.24) is 5.01 Å². The van der Waals surface area contributed by atoms with E-state index in [0.717, 1.165) is 11.3 Å². The maximum atomic E-state index is 14.2. The van der Waals surface area contributed by atoms with Gasteiger partial charge in [-0.15, -0.1) is 0 Å². The number of nitrogens with zero attached hydrogens (tertiary/aromatic N) is 5. The van der Waals surface area contributed by atoms with Crippen molar-refractivity contribution in [2.24, 2.45) is 4.99 Å². The summed E-state index contributed by atoms with van der Waals surface area (Å²) < 4.78 is 5.30.